The van der Waals surface area contributed by atoms with Gasteiger partial charge in [0.15, 0.2) is 0 Å². The van der Waals surface area contributed by atoms with Gasteiger partial charge in [0, 0.05) is 31.7 Å². The number of nitrogens with zero attached hydrogens (tertiary/aromatic N) is 3. The highest BCUT2D eigenvalue weighted by molar-refractivity contribution is 7.89. The minimum atomic E-state index is -3.54. The van der Waals surface area contributed by atoms with Gasteiger partial charge in [-0.1, -0.05) is 18.2 Å². The molecule has 1 aromatic rings. The fourth-order valence-electron chi connectivity index (χ4n) is 3.01. The number of nitrogens with one attached hydrogen (secondary N) is 1. The number of likely N-dealkylation sites (N-methyl/N-ethyl adjacent to an activating group) is 1. The first kappa shape index (κ1) is 22.3. The second-order valence-electron chi connectivity index (χ2n) is 8.07. The summed E-state index contributed by atoms with van der Waals surface area (Å²) >= 11 is 0. The third kappa shape index (κ3) is 6.29. The molecule has 1 aromatic carbocycles. The van der Waals surface area contributed by atoms with E-state index in [2.05, 4.69) is 5.32 Å². The lowest BCUT2D eigenvalue weighted by molar-refractivity contribution is -0.133. The third-order valence-corrected chi connectivity index (χ3v) is 6.22. The number of benzene rings is 1. The maximum Gasteiger partial charge on any atom is 0.243 e. The Balaban J connectivity index is 1.84. The predicted molar refractivity (Wildman–Crippen MR) is 107 cm³/mol. The van der Waals surface area contributed by atoms with Crippen LogP contribution in [0.5, 0.6) is 0 Å². The zero-order chi connectivity index (χ0) is 20.9. The molecular formula is C19H30N4O4S. The van der Waals surface area contributed by atoms with E-state index >= 15 is 0 Å². The molecule has 8 nitrogen and oxygen atoms in total. The predicted octanol–water partition coefficient (Wildman–Crippen LogP) is 0.366. The van der Waals surface area contributed by atoms with Crippen LogP contribution in [0.4, 0.5) is 0 Å². The van der Waals surface area contributed by atoms with Gasteiger partial charge in [-0.15, -0.1) is 0 Å². The molecule has 9 heteroatoms. The highest BCUT2D eigenvalue weighted by atomic mass is 32.2. The third-order valence-electron chi connectivity index (χ3n) is 4.31. The van der Waals surface area contributed by atoms with Crippen molar-refractivity contribution >= 4 is 21.8 Å². The maximum atomic E-state index is 12.6. The molecule has 0 atom stereocenters. The van der Waals surface area contributed by atoms with Gasteiger partial charge in [-0.3, -0.25) is 14.5 Å². The zero-order valence-corrected chi connectivity index (χ0v) is 17.8. The van der Waals surface area contributed by atoms with E-state index in [4.69, 9.17) is 0 Å². The number of sulfonamides is 1. The minimum Gasteiger partial charge on any atom is -0.350 e. The molecular weight excluding hydrogens is 380 g/mol. The second kappa shape index (κ2) is 9.02. The number of hydrogen-bond acceptors (Lipinski definition) is 5. The largest absolute Gasteiger partial charge is 0.350 e. The van der Waals surface area contributed by atoms with Crippen molar-refractivity contribution in [2.45, 2.75) is 31.2 Å². The van der Waals surface area contributed by atoms with E-state index in [1.165, 1.54) is 4.31 Å². The van der Waals surface area contributed by atoms with Gasteiger partial charge in [-0.2, -0.15) is 4.31 Å². The summed E-state index contributed by atoms with van der Waals surface area (Å²) in [6.07, 6.45) is 0. The van der Waals surface area contributed by atoms with Crippen LogP contribution >= 0.6 is 0 Å². The number of piperazine rings is 1. The lowest BCUT2D eigenvalue weighted by Crippen LogP contribution is -2.53. The minimum absolute atomic E-state index is 0.109. The molecule has 2 amide bonds. The summed E-state index contributed by atoms with van der Waals surface area (Å²) in [6.45, 7) is 7.15. The summed E-state index contributed by atoms with van der Waals surface area (Å²) in [4.78, 5) is 28.0. The van der Waals surface area contributed by atoms with Gasteiger partial charge in [-0.05, 0) is 40.0 Å². The van der Waals surface area contributed by atoms with E-state index in [0.717, 1.165) is 0 Å². The van der Waals surface area contributed by atoms with Crippen molar-refractivity contribution in [3.05, 3.63) is 30.3 Å². The van der Waals surface area contributed by atoms with E-state index in [1.807, 2.05) is 20.8 Å². The molecule has 0 radical (unpaired) electrons. The molecule has 1 N–H and O–H groups in total. The Kier molecular flexibility index (Phi) is 7.19. The van der Waals surface area contributed by atoms with Gasteiger partial charge in [0.2, 0.25) is 21.8 Å². The molecule has 1 heterocycles. The van der Waals surface area contributed by atoms with Crippen LogP contribution in [-0.4, -0.2) is 86.2 Å². The summed E-state index contributed by atoms with van der Waals surface area (Å²) in [5, 5.41) is 2.86. The first-order chi connectivity index (χ1) is 13.0. The monoisotopic (exact) mass is 410 g/mol. The van der Waals surface area contributed by atoms with Crippen molar-refractivity contribution in [2.75, 3.05) is 46.3 Å². The van der Waals surface area contributed by atoms with Crippen molar-refractivity contribution in [3.8, 4) is 0 Å². The summed E-state index contributed by atoms with van der Waals surface area (Å²) < 4.78 is 26.7. The van der Waals surface area contributed by atoms with E-state index in [0.29, 0.717) is 13.1 Å². The Morgan fingerprint density at radius 2 is 1.61 bits per heavy atom. The van der Waals surface area contributed by atoms with Gasteiger partial charge >= 0.3 is 0 Å². The first-order valence-electron chi connectivity index (χ1n) is 9.31. The number of carbonyl (C=O) groups is 2. The molecule has 0 spiro atoms. The Morgan fingerprint density at radius 3 is 2.14 bits per heavy atom. The Hall–Kier alpha value is -1.97. The molecule has 1 aliphatic rings. The van der Waals surface area contributed by atoms with Gasteiger partial charge in [0.05, 0.1) is 18.0 Å². The van der Waals surface area contributed by atoms with E-state index in [1.54, 1.807) is 47.2 Å². The van der Waals surface area contributed by atoms with Crippen LogP contribution in [0.1, 0.15) is 20.8 Å². The van der Waals surface area contributed by atoms with Crippen LogP contribution in [0, 0.1) is 0 Å². The van der Waals surface area contributed by atoms with E-state index in [9.17, 15) is 18.0 Å². The Morgan fingerprint density at radius 1 is 1.04 bits per heavy atom. The standard InChI is InChI=1S/C19H30N4O4S/c1-19(2,3)20-17(24)14-21(4)15-18(25)22-10-12-23(13-11-22)28(26,27)16-8-6-5-7-9-16/h5-9H,10-15H2,1-4H3,(H,20,24). The van der Waals surface area contributed by atoms with E-state index in [-0.39, 0.29) is 48.4 Å². The van der Waals surface area contributed by atoms with Crippen LogP contribution in [0.2, 0.25) is 0 Å². The highest BCUT2D eigenvalue weighted by Crippen LogP contribution is 2.17. The number of carbonyl (C=O) groups excluding carboxylic acids is 2. The molecule has 0 aliphatic carbocycles. The van der Waals surface area contributed by atoms with Crippen LogP contribution in [0.3, 0.4) is 0 Å². The highest BCUT2D eigenvalue weighted by Gasteiger charge is 2.30. The molecule has 156 valence electrons. The molecule has 0 aromatic heterocycles. The lowest BCUT2D eigenvalue weighted by Gasteiger charge is -2.34. The van der Waals surface area contributed by atoms with Crippen LogP contribution in [0.15, 0.2) is 35.2 Å². The summed E-state index contributed by atoms with van der Waals surface area (Å²) in [5.41, 5.74) is -0.317. The molecule has 1 saturated heterocycles. The average Bonchev–Trinajstić information content (AvgIpc) is 2.60. The normalized spacial score (nSPS) is 16.2. The average molecular weight is 411 g/mol. The van der Waals surface area contributed by atoms with Gasteiger partial charge in [0.1, 0.15) is 0 Å². The zero-order valence-electron chi connectivity index (χ0n) is 17.0. The molecule has 0 saturated carbocycles. The topological polar surface area (TPSA) is 90.0 Å². The quantitative estimate of drug-likeness (QED) is 0.732. The molecule has 1 aliphatic heterocycles. The lowest BCUT2D eigenvalue weighted by atomic mass is 10.1. The van der Waals surface area contributed by atoms with Gasteiger partial charge in [0.25, 0.3) is 0 Å². The summed E-state index contributed by atoms with van der Waals surface area (Å²) in [7, 11) is -1.82. The Labute approximate surface area is 167 Å². The van der Waals surface area contributed by atoms with Gasteiger partial charge < -0.3 is 10.2 Å². The number of rotatable bonds is 6. The fraction of sp³-hybridized carbons (Fsp3) is 0.579. The van der Waals surface area contributed by atoms with Gasteiger partial charge in [-0.25, -0.2) is 8.42 Å². The van der Waals surface area contributed by atoms with Crippen molar-refractivity contribution in [1.82, 2.24) is 19.4 Å². The molecule has 0 bridgehead atoms. The van der Waals surface area contributed by atoms with Crippen molar-refractivity contribution in [3.63, 3.8) is 0 Å². The summed E-state index contributed by atoms with van der Waals surface area (Å²) in [6, 6.07) is 8.30. The fourth-order valence-corrected chi connectivity index (χ4v) is 4.45. The number of hydrogen-bond donors (Lipinski definition) is 1. The first-order valence-corrected chi connectivity index (χ1v) is 10.8. The maximum absolute atomic E-state index is 12.6. The van der Waals surface area contributed by atoms with Crippen molar-refractivity contribution < 1.29 is 18.0 Å². The van der Waals surface area contributed by atoms with Crippen molar-refractivity contribution in [2.24, 2.45) is 0 Å². The molecule has 2 rings (SSSR count). The number of amides is 2. The van der Waals surface area contributed by atoms with Crippen LogP contribution in [0.25, 0.3) is 0 Å². The molecule has 1 fully saturated rings. The van der Waals surface area contributed by atoms with Crippen molar-refractivity contribution in [1.29, 1.82) is 0 Å². The molecule has 0 unspecified atom stereocenters. The van der Waals surface area contributed by atoms with Crippen LogP contribution < -0.4 is 5.32 Å². The van der Waals surface area contributed by atoms with Crippen LogP contribution in [-0.2, 0) is 19.6 Å². The molecule has 28 heavy (non-hydrogen) atoms. The Bertz CT molecular complexity index is 782. The summed E-state index contributed by atoms with van der Waals surface area (Å²) in [5.74, 6) is -0.246. The van der Waals surface area contributed by atoms with E-state index < -0.39 is 10.0 Å². The SMILES string of the molecule is CN(CC(=O)NC(C)(C)C)CC(=O)N1CCN(S(=O)(=O)c2ccccc2)CC1. The smallest absolute Gasteiger partial charge is 0.243 e. The second-order valence-corrected chi connectivity index (χ2v) is 10.0.